The summed E-state index contributed by atoms with van der Waals surface area (Å²) in [7, 11) is 0. The zero-order valence-corrected chi connectivity index (χ0v) is 9.99. The summed E-state index contributed by atoms with van der Waals surface area (Å²) < 4.78 is 1.42. The maximum absolute atomic E-state index is 3.55. The van der Waals surface area contributed by atoms with Gasteiger partial charge in [-0.15, -0.1) is 11.3 Å². The first kappa shape index (κ1) is 9.31. The Bertz CT molecular complexity index is 490. The van der Waals surface area contributed by atoms with E-state index < -0.39 is 0 Å². The van der Waals surface area contributed by atoms with Crippen LogP contribution in [-0.2, 0) is 0 Å². The van der Waals surface area contributed by atoms with E-state index in [2.05, 4.69) is 48.0 Å². The second-order valence-corrected chi connectivity index (χ2v) is 5.85. The van der Waals surface area contributed by atoms with Crippen LogP contribution in [0.4, 0.5) is 5.69 Å². The molecular weight excluding hydrogens is 222 g/mol. The standard InChI is InChI=1S/C12H11NS2/c1-8-9-6-7-14-12(9)15-11-5-3-2-4-10(11)13-8/h2-8,13H,1H3. The van der Waals surface area contributed by atoms with Crippen molar-refractivity contribution in [3.63, 3.8) is 0 Å². The van der Waals surface area contributed by atoms with Crippen molar-refractivity contribution in [3.05, 3.63) is 41.3 Å². The molecule has 1 aliphatic rings. The van der Waals surface area contributed by atoms with Gasteiger partial charge < -0.3 is 5.32 Å². The molecule has 1 nitrogen and oxygen atoms in total. The molecule has 0 saturated heterocycles. The lowest BCUT2D eigenvalue weighted by Gasteiger charge is -2.12. The summed E-state index contributed by atoms with van der Waals surface area (Å²) in [5.41, 5.74) is 2.67. The van der Waals surface area contributed by atoms with E-state index >= 15 is 0 Å². The molecule has 2 aromatic rings. The lowest BCUT2D eigenvalue weighted by Crippen LogP contribution is -2.04. The van der Waals surface area contributed by atoms with Crippen LogP contribution in [0.2, 0.25) is 0 Å². The van der Waals surface area contributed by atoms with Crippen LogP contribution < -0.4 is 5.32 Å². The zero-order valence-electron chi connectivity index (χ0n) is 8.36. The Morgan fingerprint density at radius 2 is 2.07 bits per heavy atom. The van der Waals surface area contributed by atoms with Crippen LogP contribution in [0.25, 0.3) is 0 Å². The van der Waals surface area contributed by atoms with Crippen molar-refractivity contribution in [1.29, 1.82) is 0 Å². The van der Waals surface area contributed by atoms with Gasteiger partial charge in [0.2, 0.25) is 0 Å². The maximum atomic E-state index is 3.55. The summed E-state index contributed by atoms with van der Waals surface area (Å²) in [6, 6.07) is 11.1. The second kappa shape index (κ2) is 3.58. The lowest BCUT2D eigenvalue weighted by molar-refractivity contribution is 0.873. The van der Waals surface area contributed by atoms with Crippen LogP contribution in [-0.4, -0.2) is 0 Å². The molecule has 0 aliphatic carbocycles. The molecule has 0 saturated carbocycles. The number of thiophene rings is 1. The Morgan fingerprint density at radius 1 is 1.20 bits per heavy atom. The summed E-state index contributed by atoms with van der Waals surface area (Å²) >= 11 is 3.70. The van der Waals surface area contributed by atoms with Crippen LogP contribution in [0.3, 0.4) is 0 Å². The first-order valence-corrected chi connectivity index (χ1v) is 6.65. The van der Waals surface area contributed by atoms with Crippen LogP contribution in [0.1, 0.15) is 18.5 Å². The molecule has 1 atom stereocenters. The van der Waals surface area contributed by atoms with E-state index in [0.717, 1.165) is 0 Å². The molecule has 1 unspecified atom stereocenters. The van der Waals surface area contributed by atoms with E-state index in [-0.39, 0.29) is 0 Å². The average molecular weight is 233 g/mol. The monoisotopic (exact) mass is 233 g/mol. The molecule has 3 heteroatoms. The Hall–Kier alpha value is -0.930. The van der Waals surface area contributed by atoms with Crippen molar-refractivity contribution < 1.29 is 0 Å². The molecule has 15 heavy (non-hydrogen) atoms. The summed E-state index contributed by atoms with van der Waals surface area (Å²) in [5, 5.41) is 5.72. The first-order valence-electron chi connectivity index (χ1n) is 4.95. The summed E-state index contributed by atoms with van der Waals surface area (Å²) in [4.78, 5) is 1.32. The van der Waals surface area contributed by atoms with E-state index in [1.54, 1.807) is 0 Å². The van der Waals surface area contributed by atoms with Gasteiger partial charge in [-0.25, -0.2) is 0 Å². The fourth-order valence-electron chi connectivity index (χ4n) is 1.80. The van der Waals surface area contributed by atoms with Gasteiger partial charge in [-0.1, -0.05) is 23.9 Å². The van der Waals surface area contributed by atoms with Gasteiger partial charge in [-0.2, -0.15) is 0 Å². The third-order valence-electron chi connectivity index (χ3n) is 2.59. The summed E-state index contributed by atoms with van der Waals surface area (Å²) in [6.45, 7) is 2.22. The molecular formula is C12H11NS2. The molecule has 0 bridgehead atoms. The fourth-order valence-corrected chi connectivity index (χ4v) is 4.09. The van der Waals surface area contributed by atoms with Gasteiger partial charge in [0.15, 0.2) is 0 Å². The van der Waals surface area contributed by atoms with E-state index in [1.165, 1.54) is 20.4 Å². The number of hydrogen-bond acceptors (Lipinski definition) is 3. The minimum atomic E-state index is 0.405. The van der Waals surface area contributed by atoms with E-state index in [1.807, 2.05) is 23.1 Å². The molecule has 3 rings (SSSR count). The van der Waals surface area contributed by atoms with Crippen LogP contribution in [0.15, 0.2) is 44.8 Å². The molecule has 1 aliphatic heterocycles. The normalized spacial score (nSPS) is 18.6. The van der Waals surface area contributed by atoms with Gasteiger partial charge in [0.1, 0.15) is 0 Å². The molecule has 1 aromatic carbocycles. The number of benzene rings is 1. The Morgan fingerprint density at radius 3 is 3.00 bits per heavy atom. The molecule has 0 amide bonds. The molecule has 0 spiro atoms. The molecule has 76 valence electrons. The Labute approximate surface area is 97.5 Å². The SMILES string of the molecule is CC1Nc2ccccc2Sc2sccc21. The summed E-state index contributed by atoms with van der Waals surface area (Å²) in [6.07, 6.45) is 0. The van der Waals surface area contributed by atoms with Crippen LogP contribution >= 0.6 is 23.1 Å². The highest BCUT2D eigenvalue weighted by Crippen LogP contribution is 2.44. The number of hydrogen-bond donors (Lipinski definition) is 1. The highest BCUT2D eigenvalue weighted by molar-refractivity contribution is 8.01. The quantitative estimate of drug-likeness (QED) is 0.724. The zero-order chi connectivity index (χ0) is 10.3. The average Bonchev–Trinajstić information content (AvgIpc) is 2.64. The number of nitrogens with one attached hydrogen (secondary N) is 1. The molecule has 1 aromatic heterocycles. The Balaban J connectivity index is 2.14. The topological polar surface area (TPSA) is 12.0 Å². The van der Waals surface area contributed by atoms with Gasteiger partial charge in [0.05, 0.1) is 10.3 Å². The van der Waals surface area contributed by atoms with Gasteiger partial charge in [0, 0.05) is 10.6 Å². The van der Waals surface area contributed by atoms with Gasteiger partial charge >= 0.3 is 0 Å². The minimum absolute atomic E-state index is 0.405. The third kappa shape index (κ3) is 1.56. The smallest absolute Gasteiger partial charge is 0.0699 e. The van der Waals surface area contributed by atoms with Crippen molar-refractivity contribution >= 4 is 28.8 Å². The maximum Gasteiger partial charge on any atom is 0.0699 e. The van der Waals surface area contributed by atoms with E-state index in [9.17, 15) is 0 Å². The number of rotatable bonds is 0. The summed E-state index contributed by atoms with van der Waals surface area (Å²) in [5.74, 6) is 0. The van der Waals surface area contributed by atoms with E-state index in [4.69, 9.17) is 0 Å². The van der Waals surface area contributed by atoms with Gasteiger partial charge in [-0.05, 0) is 36.1 Å². The predicted molar refractivity (Wildman–Crippen MR) is 66.9 cm³/mol. The van der Waals surface area contributed by atoms with E-state index in [0.29, 0.717) is 6.04 Å². The number of fused-ring (bicyclic) bond motifs is 2. The minimum Gasteiger partial charge on any atom is -0.378 e. The van der Waals surface area contributed by atoms with Crippen molar-refractivity contribution in [2.45, 2.75) is 22.1 Å². The molecule has 2 heterocycles. The molecule has 0 fully saturated rings. The second-order valence-electron chi connectivity index (χ2n) is 3.63. The number of anilines is 1. The number of para-hydroxylation sites is 1. The Kier molecular flexibility index (Phi) is 2.22. The van der Waals surface area contributed by atoms with Crippen molar-refractivity contribution in [3.8, 4) is 0 Å². The van der Waals surface area contributed by atoms with Crippen LogP contribution in [0.5, 0.6) is 0 Å². The lowest BCUT2D eigenvalue weighted by atomic mass is 10.2. The molecule has 0 radical (unpaired) electrons. The van der Waals surface area contributed by atoms with Crippen LogP contribution in [0, 0.1) is 0 Å². The highest BCUT2D eigenvalue weighted by Gasteiger charge is 2.18. The predicted octanol–water partition coefficient (Wildman–Crippen LogP) is 4.39. The van der Waals surface area contributed by atoms with Crippen molar-refractivity contribution in [2.24, 2.45) is 0 Å². The van der Waals surface area contributed by atoms with Crippen molar-refractivity contribution in [2.75, 3.05) is 5.32 Å². The third-order valence-corrected chi connectivity index (χ3v) is 4.84. The van der Waals surface area contributed by atoms with Gasteiger partial charge in [0.25, 0.3) is 0 Å². The highest BCUT2D eigenvalue weighted by atomic mass is 32.2. The van der Waals surface area contributed by atoms with Crippen molar-refractivity contribution in [1.82, 2.24) is 0 Å². The first-order chi connectivity index (χ1) is 7.34. The fraction of sp³-hybridized carbons (Fsp3) is 0.167. The largest absolute Gasteiger partial charge is 0.378 e. The van der Waals surface area contributed by atoms with Gasteiger partial charge in [-0.3, -0.25) is 0 Å². The molecule has 1 N–H and O–H groups in total.